The number of likely N-dealkylation sites (tertiary alicyclic amines) is 1. The fraction of sp³-hybridized carbons (Fsp3) is 0.500. The molecule has 1 aromatic rings. The van der Waals surface area contributed by atoms with E-state index in [-0.39, 0.29) is 37.2 Å². The van der Waals surface area contributed by atoms with Gasteiger partial charge in [0.2, 0.25) is 17.7 Å². The third-order valence-corrected chi connectivity index (χ3v) is 5.94. The number of nitrogens with one attached hydrogen (secondary N) is 1. The van der Waals surface area contributed by atoms with Crippen LogP contribution in [0.4, 0.5) is 5.69 Å². The average molecular weight is 470 g/mol. The molecule has 3 unspecified atom stereocenters. The van der Waals surface area contributed by atoms with E-state index in [0.29, 0.717) is 11.4 Å². The Morgan fingerprint density at radius 3 is 2.50 bits per heavy atom. The monoisotopic (exact) mass is 469 g/mol. The highest BCUT2D eigenvalue weighted by Crippen LogP contribution is 2.26. The van der Waals surface area contributed by atoms with Crippen LogP contribution in [0.15, 0.2) is 36.2 Å². The number of amides is 3. The molecule has 1 aliphatic heterocycles. The number of likely N-dealkylation sites (N-methyl/N-ethyl adjacent to an activating group) is 1. The van der Waals surface area contributed by atoms with Crippen LogP contribution in [0.5, 0.6) is 0 Å². The van der Waals surface area contributed by atoms with Crippen LogP contribution in [0.2, 0.25) is 0 Å². The number of carbonyl (C=O) groups is 3. The lowest BCUT2D eigenvalue weighted by Gasteiger charge is -2.29. The van der Waals surface area contributed by atoms with Crippen molar-refractivity contribution in [3.05, 3.63) is 41.7 Å². The van der Waals surface area contributed by atoms with E-state index in [1.165, 1.54) is 28.1 Å². The van der Waals surface area contributed by atoms with E-state index in [0.717, 1.165) is 5.56 Å². The zero-order valence-electron chi connectivity index (χ0n) is 20.5. The summed E-state index contributed by atoms with van der Waals surface area (Å²) in [6, 6.07) is 8.78. The Kier molecular flexibility index (Phi) is 9.04. The van der Waals surface area contributed by atoms with E-state index >= 15 is 0 Å². The minimum atomic E-state index is -0.736. The van der Waals surface area contributed by atoms with Crippen molar-refractivity contribution in [3.63, 3.8) is 0 Å². The van der Waals surface area contributed by atoms with E-state index < -0.39 is 23.8 Å². The first-order valence-electron chi connectivity index (χ1n) is 11.2. The molecule has 5 N–H and O–H groups in total. The van der Waals surface area contributed by atoms with Crippen LogP contribution >= 0.6 is 0 Å². The predicted molar refractivity (Wildman–Crippen MR) is 129 cm³/mol. The van der Waals surface area contributed by atoms with Gasteiger partial charge in [-0.15, -0.1) is 0 Å². The molecule has 1 heterocycles. The van der Waals surface area contributed by atoms with Crippen LogP contribution in [-0.2, 0) is 14.4 Å². The number of rotatable bonds is 8. The Hall–Kier alpha value is -3.58. The standard InChI is InChI=1S/C24H35N7O3/c1-15(2)22(19(26)13-30(5)27)24(34)29(4)14-21(32)31-12-17(10-18(31)11-25)23(33)28-20-9-7-6-8-16(20)3/h6-9,13,15,17-18,22H,10,12,14,26-27H2,1-5H3,(H,28,33)/b19-13-. The first-order valence-corrected chi connectivity index (χ1v) is 11.2. The SMILES string of the molecule is Cc1ccccc1NC(=O)C1CC(C#N)N(C(=O)CN(C)C(=O)C(/C(N)=C/N(C)N)C(C)C)C1. The molecule has 3 atom stereocenters. The summed E-state index contributed by atoms with van der Waals surface area (Å²) in [5, 5.41) is 13.7. The number of anilines is 1. The zero-order chi connectivity index (χ0) is 25.6. The minimum Gasteiger partial charge on any atom is -0.400 e. The molecule has 0 saturated carbocycles. The number of hydrazine groups is 1. The number of benzene rings is 1. The Morgan fingerprint density at radius 2 is 1.94 bits per heavy atom. The van der Waals surface area contributed by atoms with Crippen LogP contribution in [0.25, 0.3) is 0 Å². The minimum absolute atomic E-state index is 0.116. The number of aryl methyl sites for hydroxylation is 1. The topological polar surface area (TPSA) is 149 Å². The molecule has 184 valence electrons. The molecule has 34 heavy (non-hydrogen) atoms. The van der Waals surface area contributed by atoms with Crippen LogP contribution in [0.1, 0.15) is 25.8 Å². The molecule has 10 heteroatoms. The molecular weight excluding hydrogens is 434 g/mol. The second kappa shape index (κ2) is 11.5. The number of para-hydroxylation sites is 1. The molecule has 1 aromatic carbocycles. The van der Waals surface area contributed by atoms with Crippen molar-refractivity contribution >= 4 is 23.4 Å². The second-order valence-electron chi connectivity index (χ2n) is 9.14. The second-order valence-corrected chi connectivity index (χ2v) is 9.14. The fourth-order valence-electron chi connectivity index (χ4n) is 4.11. The van der Waals surface area contributed by atoms with Gasteiger partial charge in [-0.2, -0.15) is 5.26 Å². The normalized spacial score (nSPS) is 18.9. The van der Waals surface area contributed by atoms with Crippen molar-refractivity contribution in [1.82, 2.24) is 14.8 Å². The number of hydrogen-bond donors (Lipinski definition) is 3. The number of nitrogens with two attached hydrogens (primary N) is 2. The van der Waals surface area contributed by atoms with Gasteiger partial charge in [0.15, 0.2) is 0 Å². The van der Waals surface area contributed by atoms with Crippen molar-refractivity contribution in [2.45, 2.75) is 33.2 Å². The molecule has 1 saturated heterocycles. The summed E-state index contributed by atoms with van der Waals surface area (Å²) in [7, 11) is 3.12. The Morgan fingerprint density at radius 1 is 1.29 bits per heavy atom. The lowest BCUT2D eigenvalue weighted by Crippen LogP contribution is -2.46. The lowest BCUT2D eigenvalue weighted by atomic mass is 9.91. The third kappa shape index (κ3) is 6.48. The average Bonchev–Trinajstić information content (AvgIpc) is 3.19. The summed E-state index contributed by atoms with van der Waals surface area (Å²) in [6.45, 7) is 5.50. The molecule has 10 nitrogen and oxygen atoms in total. The largest absolute Gasteiger partial charge is 0.400 e. The number of hydrogen-bond acceptors (Lipinski definition) is 7. The molecule has 1 fully saturated rings. The van der Waals surface area contributed by atoms with Gasteiger partial charge in [-0.05, 0) is 30.9 Å². The zero-order valence-corrected chi connectivity index (χ0v) is 20.5. The van der Waals surface area contributed by atoms with Gasteiger partial charge in [-0.1, -0.05) is 32.0 Å². The highest BCUT2D eigenvalue weighted by Gasteiger charge is 2.40. The van der Waals surface area contributed by atoms with Gasteiger partial charge in [0.25, 0.3) is 0 Å². The van der Waals surface area contributed by atoms with Gasteiger partial charge in [0.1, 0.15) is 6.04 Å². The summed E-state index contributed by atoms with van der Waals surface area (Å²) >= 11 is 0. The molecule has 0 radical (unpaired) electrons. The summed E-state index contributed by atoms with van der Waals surface area (Å²) < 4.78 is 0. The van der Waals surface area contributed by atoms with Crippen molar-refractivity contribution in [3.8, 4) is 6.07 Å². The fourth-order valence-corrected chi connectivity index (χ4v) is 4.11. The Labute approximate surface area is 201 Å². The highest BCUT2D eigenvalue weighted by molar-refractivity contribution is 5.94. The Bertz CT molecular complexity index is 983. The summed E-state index contributed by atoms with van der Waals surface area (Å²) in [6.07, 6.45) is 1.72. The van der Waals surface area contributed by atoms with E-state index in [9.17, 15) is 19.6 Å². The predicted octanol–water partition coefficient (Wildman–Crippen LogP) is 1.01. The van der Waals surface area contributed by atoms with Gasteiger partial charge < -0.3 is 25.9 Å². The first-order chi connectivity index (χ1) is 16.0. The maximum Gasteiger partial charge on any atom is 0.243 e. The molecule has 1 aliphatic rings. The van der Waals surface area contributed by atoms with Crippen molar-refractivity contribution < 1.29 is 14.4 Å². The molecule has 2 rings (SSSR count). The van der Waals surface area contributed by atoms with Crippen LogP contribution in [-0.4, -0.2) is 65.8 Å². The van der Waals surface area contributed by atoms with E-state index in [1.807, 2.05) is 39.0 Å². The first kappa shape index (κ1) is 26.7. The summed E-state index contributed by atoms with van der Waals surface area (Å²) in [4.78, 5) is 41.6. The van der Waals surface area contributed by atoms with E-state index in [2.05, 4.69) is 11.4 Å². The highest BCUT2D eigenvalue weighted by atomic mass is 16.2. The maximum atomic E-state index is 13.1. The van der Waals surface area contributed by atoms with Crippen molar-refractivity contribution in [1.29, 1.82) is 5.26 Å². The van der Waals surface area contributed by atoms with Crippen molar-refractivity contribution in [2.24, 2.45) is 29.3 Å². The summed E-state index contributed by atoms with van der Waals surface area (Å²) in [5.74, 6) is 3.39. The van der Waals surface area contributed by atoms with Gasteiger partial charge in [0.05, 0.1) is 24.4 Å². The van der Waals surface area contributed by atoms with Crippen LogP contribution in [0.3, 0.4) is 0 Å². The van der Waals surface area contributed by atoms with Gasteiger partial charge in [-0.3, -0.25) is 14.4 Å². The maximum absolute atomic E-state index is 13.1. The van der Waals surface area contributed by atoms with Gasteiger partial charge in [0, 0.05) is 38.2 Å². The number of nitriles is 1. The third-order valence-electron chi connectivity index (χ3n) is 5.94. The van der Waals surface area contributed by atoms with Crippen LogP contribution < -0.4 is 16.9 Å². The lowest BCUT2D eigenvalue weighted by molar-refractivity contribution is -0.142. The number of nitrogens with zero attached hydrogens (tertiary/aromatic N) is 4. The Balaban J connectivity index is 2.08. The molecule has 3 amide bonds. The number of carbonyl (C=O) groups excluding carboxylic acids is 3. The van der Waals surface area contributed by atoms with E-state index in [4.69, 9.17) is 11.6 Å². The van der Waals surface area contributed by atoms with Crippen LogP contribution in [0, 0.1) is 36.0 Å². The molecular formula is C24H35N7O3. The van der Waals surface area contributed by atoms with E-state index in [1.54, 1.807) is 13.1 Å². The summed E-state index contributed by atoms with van der Waals surface area (Å²) in [5.41, 5.74) is 8.01. The smallest absolute Gasteiger partial charge is 0.243 e. The van der Waals surface area contributed by atoms with Crippen molar-refractivity contribution in [2.75, 3.05) is 32.5 Å². The molecule has 0 aliphatic carbocycles. The molecule has 0 bridgehead atoms. The molecule has 0 aromatic heterocycles. The van der Waals surface area contributed by atoms with Gasteiger partial charge in [-0.25, -0.2) is 5.84 Å². The molecule has 0 spiro atoms. The quantitative estimate of drug-likeness (QED) is 0.380. The van der Waals surface area contributed by atoms with Gasteiger partial charge >= 0.3 is 0 Å².